The molecule has 3 heteroatoms. The van der Waals surface area contributed by atoms with Crippen LogP contribution in [0.2, 0.25) is 0 Å². The van der Waals surface area contributed by atoms with Gasteiger partial charge in [0.05, 0.1) is 17.6 Å². The van der Waals surface area contributed by atoms with Crippen molar-refractivity contribution in [2.45, 2.75) is 6.92 Å². The Morgan fingerprint density at radius 2 is 2.00 bits per heavy atom. The number of nitrogen functional groups attached to an aromatic ring is 2. The number of nitrogens with two attached hydrogens (primary N) is 2. The van der Waals surface area contributed by atoms with E-state index >= 15 is 0 Å². The van der Waals surface area contributed by atoms with E-state index in [0.717, 1.165) is 5.56 Å². The lowest BCUT2D eigenvalue weighted by Crippen LogP contribution is -1.97. The van der Waals surface area contributed by atoms with E-state index in [4.69, 9.17) is 11.5 Å². The highest BCUT2D eigenvalue weighted by Crippen LogP contribution is 2.15. The van der Waals surface area contributed by atoms with E-state index in [-0.39, 0.29) is 0 Å². The molecule has 0 saturated heterocycles. The molecule has 0 radical (unpaired) electrons. The number of rotatable bonds is 0. The third-order valence-electron chi connectivity index (χ3n) is 1.22. The van der Waals surface area contributed by atoms with Crippen molar-refractivity contribution < 1.29 is 0 Å². The second-order valence-electron chi connectivity index (χ2n) is 1.96. The van der Waals surface area contributed by atoms with Crippen LogP contribution in [-0.2, 0) is 0 Å². The van der Waals surface area contributed by atoms with Crippen LogP contribution in [-0.4, -0.2) is 4.98 Å². The average molecular weight is 123 g/mol. The summed E-state index contributed by atoms with van der Waals surface area (Å²) in [7, 11) is 0. The molecule has 0 fully saturated rings. The summed E-state index contributed by atoms with van der Waals surface area (Å²) in [5.74, 6) is 0. The molecule has 0 spiro atoms. The Labute approximate surface area is 53.7 Å². The summed E-state index contributed by atoms with van der Waals surface area (Å²) in [5, 5.41) is 0. The third kappa shape index (κ3) is 0.937. The number of aryl methyl sites for hydroxylation is 1. The molecule has 0 aromatic carbocycles. The van der Waals surface area contributed by atoms with E-state index in [0.29, 0.717) is 11.4 Å². The van der Waals surface area contributed by atoms with Crippen LogP contribution in [0.3, 0.4) is 0 Å². The molecular weight excluding hydrogens is 114 g/mol. The van der Waals surface area contributed by atoms with E-state index in [1.807, 2.05) is 6.92 Å². The fraction of sp³-hybridized carbons (Fsp3) is 0.167. The molecule has 3 nitrogen and oxygen atoms in total. The van der Waals surface area contributed by atoms with Gasteiger partial charge in [-0.05, 0) is 12.5 Å². The molecule has 0 unspecified atom stereocenters. The molecule has 0 bridgehead atoms. The zero-order chi connectivity index (χ0) is 6.85. The van der Waals surface area contributed by atoms with Crippen molar-refractivity contribution >= 4 is 11.4 Å². The Hall–Kier alpha value is -1.25. The van der Waals surface area contributed by atoms with Gasteiger partial charge in [-0.15, -0.1) is 0 Å². The van der Waals surface area contributed by atoms with Gasteiger partial charge in [-0.1, -0.05) is 0 Å². The van der Waals surface area contributed by atoms with E-state index in [1.165, 1.54) is 0 Å². The van der Waals surface area contributed by atoms with Crippen LogP contribution in [0.4, 0.5) is 11.4 Å². The van der Waals surface area contributed by atoms with E-state index in [1.54, 1.807) is 12.4 Å². The molecule has 0 aliphatic carbocycles. The van der Waals surface area contributed by atoms with Crippen molar-refractivity contribution in [3.63, 3.8) is 0 Å². The first-order valence-electron chi connectivity index (χ1n) is 2.67. The van der Waals surface area contributed by atoms with Crippen LogP contribution in [0.1, 0.15) is 5.56 Å². The topological polar surface area (TPSA) is 64.9 Å². The lowest BCUT2D eigenvalue weighted by molar-refractivity contribution is 1.28. The fourth-order valence-corrected chi connectivity index (χ4v) is 0.596. The first kappa shape index (κ1) is 5.88. The summed E-state index contributed by atoms with van der Waals surface area (Å²) in [6.07, 6.45) is 3.23. The number of aromatic nitrogens is 1. The van der Waals surface area contributed by atoms with Gasteiger partial charge in [0.2, 0.25) is 0 Å². The molecule has 0 aliphatic rings. The highest BCUT2D eigenvalue weighted by molar-refractivity contribution is 5.64. The van der Waals surface area contributed by atoms with Gasteiger partial charge in [0.25, 0.3) is 0 Å². The molecule has 48 valence electrons. The third-order valence-corrected chi connectivity index (χ3v) is 1.22. The Bertz CT molecular complexity index is 199. The number of hydrogen-bond donors (Lipinski definition) is 2. The lowest BCUT2D eigenvalue weighted by Gasteiger charge is -1.99. The fourth-order valence-electron chi connectivity index (χ4n) is 0.596. The monoisotopic (exact) mass is 123 g/mol. The summed E-state index contributed by atoms with van der Waals surface area (Å²) in [5.41, 5.74) is 13.1. The average Bonchev–Trinajstić information content (AvgIpc) is 1.83. The van der Waals surface area contributed by atoms with E-state index in [9.17, 15) is 0 Å². The summed E-state index contributed by atoms with van der Waals surface area (Å²) >= 11 is 0. The summed E-state index contributed by atoms with van der Waals surface area (Å²) in [4.78, 5) is 3.84. The molecule has 1 heterocycles. The predicted octanol–water partition coefficient (Wildman–Crippen LogP) is 0.554. The Morgan fingerprint density at radius 1 is 1.33 bits per heavy atom. The zero-order valence-electron chi connectivity index (χ0n) is 5.26. The summed E-state index contributed by atoms with van der Waals surface area (Å²) in [6, 6.07) is 0. The maximum atomic E-state index is 5.52. The second kappa shape index (κ2) is 1.93. The minimum atomic E-state index is 0.551. The Kier molecular flexibility index (Phi) is 1.26. The Morgan fingerprint density at radius 3 is 2.44 bits per heavy atom. The molecule has 0 atom stereocenters. The predicted molar refractivity (Wildman–Crippen MR) is 37.8 cm³/mol. The zero-order valence-corrected chi connectivity index (χ0v) is 5.26. The smallest absolute Gasteiger partial charge is 0.0736 e. The molecule has 9 heavy (non-hydrogen) atoms. The standard InChI is InChI=1S/C6H9N3/c1-4-2-9-3-5(7)6(4)8/h2-3H,7H2,1H3,(H2,8,9). The van der Waals surface area contributed by atoms with E-state index in [2.05, 4.69) is 4.98 Å². The van der Waals surface area contributed by atoms with Crippen molar-refractivity contribution in [3.05, 3.63) is 18.0 Å². The van der Waals surface area contributed by atoms with Crippen LogP contribution in [0.5, 0.6) is 0 Å². The van der Waals surface area contributed by atoms with Crippen molar-refractivity contribution in [1.82, 2.24) is 4.98 Å². The minimum Gasteiger partial charge on any atom is -0.397 e. The second-order valence-corrected chi connectivity index (χ2v) is 1.96. The van der Waals surface area contributed by atoms with Crippen molar-refractivity contribution in [2.24, 2.45) is 0 Å². The minimum absolute atomic E-state index is 0.551. The van der Waals surface area contributed by atoms with Crippen LogP contribution in [0.25, 0.3) is 0 Å². The maximum absolute atomic E-state index is 5.52. The SMILES string of the molecule is Cc1cncc(N)c1N. The van der Waals surface area contributed by atoms with Crippen molar-refractivity contribution in [1.29, 1.82) is 0 Å². The van der Waals surface area contributed by atoms with Gasteiger partial charge in [0.1, 0.15) is 0 Å². The molecular formula is C6H9N3. The summed E-state index contributed by atoms with van der Waals surface area (Å²) in [6.45, 7) is 1.87. The van der Waals surface area contributed by atoms with Crippen LogP contribution >= 0.6 is 0 Å². The van der Waals surface area contributed by atoms with Crippen molar-refractivity contribution in [2.75, 3.05) is 11.5 Å². The normalized spacial score (nSPS) is 9.44. The van der Waals surface area contributed by atoms with Crippen LogP contribution in [0.15, 0.2) is 12.4 Å². The lowest BCUT2D eigenvalue weighted by atomic mass is 10.2. The maximum Gasteiger partial charge on any atom is 0.0736 e. The number of hydrogen-bond acceptors (Lipinski definition) is 3. The molecule has 1 aromatic heterocycles. The molecule has 4 N–H and O–H groups in total. The molecule has 0 amide bonds. The molecule has 1 aromatic rings. The van der Waals surface area contributed by atoms with Gasteiger partial charge in [-0.25, -0.2) is 0 Å². The van der Waals surface area contributed by atoms with Gasteiger partial charge in [0, 0.05) is 6.20 Å². The largest absolute Gasteiger partial charge is 0.397 e. The number of pyridine rings is 1. The van der Waals surface area contributed by atoms with E-state index < -0.39 is 0 Å². The summed E-state index contributed by atoms with van der Waals surface area (Å²) < 4.78 is 0. The van der Waals surface area contributed by atoms with Crippen LogP contribution < -0.4 is 11.5 Å². The highest BCUT2D eigenvalue weighted by atomic mass is 14.7. The quantitative estimate of drug-likeness (QED) is 0.529. The van der Waals surface area contributed by atoms with Gasteiger partial charge >= 0.3 is 0 Å². The molecule has 1 rings (SSSR count). The van der Waals surface area contributed by atoms with Crippen LogP contribution in [0, 0.1) is 6.92 Å². The van der Waals surface area contributed by atoms with Gasteiger partial charge in [-0.2, -0.15) is 0 Å². The first-order chi connectivity index (χ1) is 4.22. The molecule has 0 saturated carbocycles. The van der Waals surface area contributed by atoms with Gasteiger partial charge in [0.15, 0.2) is 0 Å². The van der Waals surface area contributed by atoms with Gasteiger partial charge < -0.3 is 11.5 Å². The molecule has 0 aliphatic heterocycles. The number of nitrogens with zero attached hydrogens (tertiary/aromatic N) is 1. The Balaban J connectivity index is 3.25. The van der Waals surface area contributed by atoms with Crippen molar-refractivity contribution in [3.8, 4) is 0 Å². The van der Waals surface area contributed by atoms with Gasteiger partial charge in [-0.3, -0.25) is 4.98 Å². The number of anilines is 2. The first-order valence-corrected chi connectivity index (χ1v) is 2.67. The highest BCUT2D eigenvalue weighted by Gasteiger charge is 1.94.